The van der Waals surface area contributed by atoms with Crippen molar-refractivity contribution in [3.05, 3.63) is 52.2 Å². The molecule has 5 heteroatoms. The van der Waals surface area contributed by atoms with Crippen LogP contribution in [0.1, 0.15) is 15.2 Å². The minimum absolute atomic E-state index is 0.0465. The summed E-state index contributed by atoms with van der Waals surface area (Å²) in [6.07, 6.45) is 0. The third kappa shape index (κ3) is 2.95. The Bertz CT molecular complexity index is 543. The summed E-state index contributed by atoms with van der Waals surface area (Å²) >= 11 is 1.39. The highest BCUT2D eigenvalue weighted by molar-refractivity contribution is 7.12. The van der Waals surface area contributed by atoms with Crippen LogP contribution in [0.2, 0.25) is 0 Å². The van der Waals surface area contributed by atoms with Crippen molar-refractivity contribution in [3.8, 4) is 5.75 Å². The minimum Gasteiger partial charge on any atom is -0.482 e. The van der Waals surface area contributed by atoms with Crippen LogP contribution in [-0.2, 0) is 4.79 Å². The average molecular weight is 262 g/mol. The third-order valence-corrected chi connectivity index (χ3v) is 3.09. The molecule has 4 nitrogen and oxygen atoms in total. The van der Waals surface area contributed by atoms with Crippen LogP contribution in [0.5, 0.6) is 5.75 Å². The van der Waals surface area contributed by atoms with Crippen molar-refractivity contribution in [3.63, 3.8) is 0 Å². The van der Waals surface area contributed by atoms with Gasteiger partial charge in [0.25, 0.3) is 0 Å². The lowest BCUT2D eigenvalue weighted by molar-refractivity contribution is -0.139. The number of thiophene rings is 1. The number of hydrogen-bond donors (Lipinski definition) is 1. The fraction of sp³-hybridized carbons (Fsp3) is 0.0769. The van der Waals surface area contributed by atoms with Gasteiger partial charge in [-0.15, -0.1) is 11.3 Å². The van der Waals surface area contributed by atoms with Gasteiger partial charge in [-0.1, -0.05) is 6.07 Å². The van der Waals surface area contributed by atoms with Crippen molar-refractivity contribution in [2.75, 3.05) is 6.61 Å². The lowest BCUT2D eigenvalue weighted by Crippen LogP contribution is -2.09. The maximum absolute atomic E-state index is 12.0. The van der Waals surface area contributed by atoms with E-state index in [0.29, 0.717) is 16.2 Å². The SMILES string of the molecule is O=C(O)COc1ccc(C(=O)c2cccs2)cc1. The monoisotopic (exact) mass is 262 g/mol. The van der Waals surface area contributed by atoms with Gasteiger partial charge in [0.15, 0.2) is 6.61 Å². The van der Waals surface area contributed by atoms with E-state index in [1.165, 1.54) is 11.3 Å². The van der Waals surface area contributed by atoms with Crippen LogP contribution >= 0.6 is 11.3 Å². The molecule has 0 atom stereocenters. The second kappa shape index (κ2) is 5.46. The Morgan fingerprint density at radius 3 is 2.44 bits per heavy atom. The molecule has 0 saturated carbocycles. The van der Waals surface area contributed by atoms with Crippen LogP contribution in [0.3, 0.4) is 0 Å². The molecule has 1 N–H and O–H groups in total. The molecule has 0 saturated heterocycles. The molecule has 92 valence electrons. The van der Waals surface area contributed by atoms with Crippen molar-refractivity contribution in [1.82, 2.24) is 0 Å². The molecule has 1 heterocycles. The Kier molecular flexibility index (Phi) is 3.74. The van der Waals surface area contributed by atoms with Crippen LogP contribution < -0.4 is 4.74 Å². The summed E-state index contributed by atoms with van der Waals surface area (Å²) in [6.45, 7) is -0.391. The molecule has 0 fully saturated rings. The first kappa shape index (κ1) is 12.3. The zero-order valence-corrected chi connectivity index (χ0v) is 10.1. The summed E-state index contributed by atoms with van der Waals surface area (Å²) in [7, 11) is 0. The normalized spacial score (nSPS) is 10.0. The molecule has 0 aliphatic carbocycles. The van der Waals surface area contributed by atoms with Crippen molar-refractivity contribution in [2.24, 2.45) is 0 Å². The molecule has 0 radical (unpaired) electrons. The molecule has 2 aromatic rings. The molecule has 18 heavy (non-hydrogen) atoms. The van der Waals surface area contributed by atoms with E-state index in [-0.39, 0.29) is 5.78 Å². The summed E-state index contributed by atoms with van der Waals surface area (Å²) in [5.74, 6) is -0.649. The first-order valence-corrected chi connectivity index (χ1v) is 6.07. The molecular formula is C13H10O4S. The number of benzene rings is 1. The quantitative estimate of drug-likeness (QED) is 0.841. The van der Waals surface area contributed by atoms with E-state index in [9.17, 15) is 9.59 Å². The number of hydrogen-bond acceptors (Lipinski definition) is 4. The molecule has 2 rings (SSSR count). The Balaban J connectivity index is 2.08. The summed E-state index contributed by atoms with van der Waals surface area (Å²) < 4.78 is 4.98. The number of carbonyl (C=O) groups is 2. The van der Waals surface area contributed by atoms with Crippen LogP contribution in [0.25, 0.3) is 0 Å². The average Bonchev–Trinajstić information content (AvgIpc) is 2.90. The zero-order chi connectivity index (χ0) is 13.0. The topological polar surface area (TPSA) is 63.6 Å². The number of ether oxygens (including phenoxy) is 1. The van der Waals surface area contributed by atoms with E-state index in [2.05, 4.69) is 0 Å². The largest absolute Gasteiger partial charge is 0.482 e. The van der Waals surface area contributed by atoms with Crippen LogP contribution in [-0.4, -0.2) is 23.5 Å². The molecule has 0 amide bonds. The zero-order valence-electron chi connectivity index (χ0n) is 9.33. The fourth-order valence-corrected chi connectivity index (χ4v) is 2.08. The van der Waals surface area contributed by atoms with E-state index in [1.54, 1.807) is 30.3 Å². The van der Waals surface area contributed by atoms with Crippen molar-refractivity contribution < 1.29 is 19.4 Å². The van der Waals surface area contributed by atoms with Crippen LogP contribution in [0, 0.1) is 0 Å². The summed E-state index contributed by atoms with van der Waals surface area (Å²) in [5, 5.41) is 10.3. The van der Waals surface area contributed by atoms with E-state index < -0.39 is 12.6 Å². The maximum atomic E-state index is 12.0. The molecule has 1 aromatic carbocycles. The number of carboxylic acids is 1. The predicted octanol–water partition coefficient (Wildman–Crippen LogP) is 2.44. The molecule has 0 spiro atoms. The Labute approximate surface area is 107 Å². The Hall–Kier alpha value is -2.14. The number of carbonyl (C=O) groups excluding carboxylic acids is 1. The molecule has 0 aliphatic rings. The lowest BCUT2D eigenvalue weighted by atomic mass is 10.1. The third-order valence-electron chi connectivity index (χ3n) is 2.22. The summed E-state index contributed by atoms with van der Waals surface area (Å²) in [5.41, 5.74) is 0.556. The van der Waals surface area contributed by atoms with E-state index in [1.807, 2.05) is 11.4 Å². The predicted molar refractivity (Wildman–Crippen MR) is 67.3 cm³/mol. The van der Waals surface area contributed by atoms with Gasteiger partial charge in [-0.3, -0.25) is 4.79 Å². The number of carboxylic acid groups (broad SMARTS) is 1. The smallest absolute Gasteiger partial charge is 0.341 e. The van der Waals surface area contributed by atoms with E-state index >= 15 is 0 Å². The highest BCUT2D eigenvalue weighted by Gasteiger charge is 2.09. The standard InChI is InChI=1S/C13H10O4S/c14-12(15)8-17-10-5-3-9(4-6-10)13(16)11-2-1-7-18-11/h1-7H,8H2,(H,14,15). The van der Waals surface area contributed by atoms with Gasteiger partial charge in [-0.05, 0) is 35.7 Å². The maximum Gasteiger partial charge on any atom is 0.341 e. The second-order valence-electron chi connectivity index (χ2n) is 3.51. The van der Waals surface area contributed by atoms with Crippen molar-refractivity contribution >= 4 is 23.1 Å². The number of aliphatic carboxylic acids is 1. The number of ketones is 1. The van der Waals surface area contributed by atoms with Gasteiger partial charge in [-0.25, -0.2) is 4.79 Å². The van der Waals surface area contributed by atoms with Gasteiger partial charge in [0, 0.05) is 5.56 Å². The molecule has 0 bridgehead atoms. The van der Waals surface area contributed by atoms with Gasteiger partial charge in [0.05, 0.1) is 4.88 Å². The van der Waals surface area contributed by atoms with Crippen molar-refractivity contribution in [2.45, 2.75) is 0 Å². The van der Waals surface area contributed by atoms with Crippen LogP contribution in [0.15, 0.2) is 41.8 Å². The fourth-order valence-electron chi connectivity index (χ4n) is 1.40. The van der Waals surface area contributed by atoms with Gasteiger partial charge in [0.2, 0.25) is 5.78 Å². The Morgan fingerprint density at radius 1 is 1.17 bits per heavy atom. The summed E-state index contributed by atoms with van der Waals surface area (Å²) in [4.78, 5) is 23.0. The second-order valence-corrected chi connectivity index (χ2v) is 4.46. The first-order valence-electron chi connectivity index (χ1n) is 5.19. The highest BCUT2D eigenvalue weighted by Crippen LogP contribution is 2.18. The number of rotatable bonds is 5. The van der Waals surface area contributed by atoms with Crippen LogP contribution in [0.4, 0.5) is 0 Å². The first-order chi connectivity index (χ1) is 8.66. The van der Waals surface area contributed by atoms with E-state index in [0.717, 1.165) is 0 Å². The molecule has 0 unspecified atom stereocenters. The Morgan fingerprint density at radius 2 is 1.89 bits per heavy atom. The molecule has 1 aromatic heterocycles. The highest BCUT2D eigenvalue weighted by atomic mass is 32.1. The molecule has 0 aliphatic heterocycles. The van der Waals surface area contributed by atoms with E-state index in [4.69, 9.17) is 9.84 Å². The molecular weight excluding hydrogens is 252 g/mol. The minimum atomic E-state index is -1.03. The van der Waals surface area contributed by atoms with Gasteiger partial charge >= 0.3 is 5.97 Å². The van der Waals surface area contributed by atoms with Gasteiger partial charge in [0.1, 0.15) is 5.75 Å². The summed E-state index contributed by atoms with van der Waals surface area (Å²) in [6, 6.07) is 10.0. The van der Waals surface area contributed by atoms with Crippen molar-refractivity contribution in [1.29, 1.82) is 0 Å². The van der Waals surface area contributed by atoms with Gasteiger partial charge in [-0.2, -0.15) is 0 Å². The lowest BCUT2D eigenvalue weighted by Gasteiger charge is -2.03. The van der Waals surface area contributed by atoms with Gasteiger partial charge < -0.3 is 9.84 Å².